The van der Waals surface area contributed by atoms with Crippen LogP contribution in [0.25, 0.3) is 5.69 Å². The van der Waals surface area contributed by atoms with Gasteiger partial charge < -0.3 is 10.4 Å². The molecule has 112 valence electrons. The first kappa shape index (κ1) is 15.5. The molecule has 5 nitrogen and oxygen atoms in total. The van der Waals surface area contributed by atoms with Gasteiger partial charge in [0.1, 0.15) is 0 Å². The van der Waals surface area contributed by atoms with E-state index in [2.05, 4.69) is 10.4 Å². The molecule has 1 aromatic carbocycles. The lowest BCUT2D eigenvalue weighted by Gasteiger charge is -2.18. The number of carbonyl (C=O) groups is 1. The number of aliphatic hydroxyl groups excluding tert-OH is 1. The van der Waals surface area contributed by atoms with Gasteiger partial charge in [0.25, 0.3) is 5.91 Å². The fourth-order valence-corrected chi connectivity index (χ4v) is 2.02. The molecule has 2 unspecified atom stereocenters. The Bertz CT molecular complexity index is 627. The minimum atomic E-state index is -0.221. The quantitative estimate of drug-likeness (QED) is 0.890. The summed E-state index contributed by atoms with van der Waals surface area (Å²) in [6, 6.07) is 7.16. The third-order valence-electron chi connectivity index (χ3n) is 3.44. The van der Waals surface area contributed by atoms with Crippen LogP contribution in [0.2, 0.25) is 5.02 Å². The van der Waals surface area contributed by atoms with Crippen molar-refractivity contribution in [3.05, 3.63) is 47.2 Å². The van der Waals surface area contributed by atoms with Crippen molar-refractivity contribution in [1.29, 1.82) is 0 Å². The Kier molecular flexibility index (Phi) is 4.98. The minimum absolute atomic E-state index is 0.00689. The van der Waals surface area contributed by atoms with Gasteiger partial charge in [-0.25, -0.2) is 4.68 Å². The van der Waals surface area contributed by atoms with Crippen molar-refractivity contribution in [3.63, 3.8) is 0 Å². The van der Waals surface area contributed by atoms with Gasteiger partial charge in [-0.15, -0.1) is 0 Å². The van der Waals surface area contributed by atoms with Crippen molar-refractivity contribution in [2.45, 2.75) is 19.9 Å². The highest BCUT2D eigenvalue weighted by Crippen LogP contribution is 2.19. The predicted molar refractivity (Wildman–Crippen MR) is 81.8 cm³/mol. The number of rotatable bonds is 5. The molecule has 0 fully saturated rings. The number of carbonyl (C=O) groups excluding carboxylic acids is 1. The lowest BCUT2D eigenvalue weighted by Crippen LogP contribution is -2.38. The van der Waals surface area contributed by atoms with Crippen molar-refractivity contribution in [2.75, 3.05) is 6.61 Å². The number of benzene rings is 1. The smallest absolute Gasteiger partial charge is 0.254 e. The van der Waals surface area contributed by atoms with Crippen LogP contribution in [0.15, 0.2) is 36.7 Å². The third-order valence-corrected chi connectivity index (χ3v) is 3.76. The van der Waals surface area contributed by atoms with Crippen molar-refractivity contribution in [3.8, 4) is 5.69 Å². The SMILES string of the molecule is CC(CO)C(C)NC(=O)c1cnn(-c2ccccc2Cl)c1. The third kappa shape index (κ3) is 3.62. The van der Waals surface area contributed by atoms with E-state index in [4.69, 9.17) is 16.7 Å². The highest BCUT2D eigenvalue weighted by molar-refractivity contribution is 6.32. The summed E-state index contributed by atoms with van der Waals surface area (Å²) in [5.41, 5.74) is 1.17. The maximum Gasteiger partial charge on any atom is 0.254 e. The number of halogens is 1. The number of aromatic nitrogens is 2. The van der Waals surface area contributed by atoms with Gasteiger partial charge in [0.05, 0.1) is 22.5 Å². The summed E-state index contributed by atoms with van der Waals surface area (Å²) in [6.07, 6.45) is 3.13. The first-order valence-corrected chi connectivity index (χ1v) is 7.12. The van der Waals surface area contributed by atoms with Crippen LogP contribution in [-0.4, -0.2) is 33.4 Å². The van der Waals surface area contributed by atoms with E-state index in [-0.39, 0.29) is 24.5 Å². The van der Waals surface area contributed by atoms with Gasteiger partial charge in [0, 0.05) is 18.8 Å². The summed E-state index contributed by atoms with van der Waals surface area (Å²) < 4.78 is 1.57. The van der Waals surface area contributed by atoms with Gasteiger partial charge >= 0.3 is 0 Å². The first-order valence-electron chi connectivity index (χ1n) is 6.74. The minimum Gasteiger partial charge on any atom is -0.396 e. The maximum atomic E-state index is 12.1. The average molecular weight is 308 g/mol. The molecular weight excluding hydrogens is 290 g/mol. The largest absolute Gasteiger partial charge is 0.396 e. The van der Waals surface area contributed by atoms with Gasteiger partial charge in [-0.1, -0.05) is 30.7 Å². The molecular formula is C15H18ClN3O2. The Morgan fingerprint density at radius 1 is 1.43 bits per heavy atom. The average Bonchev–Trinajstić information content (AvgIpc) is 2.96. The second-order valence-electron chi connectivity index (χ2n) is 5.05. The van der Waals surface area contributed by atoms with E-state index in [0.717, 1.165) is 5.69 Å². The summed E-state index contributed by atoms with van der Waals surface area (Å²) in [7, 11) is 0. The van der Waals surface area contributed by atoms with E-state index in [1.807, 2.05) is 32.0 Å². The number of hydrogen-bond donors (Lipinski definition) is 2. The zero-order valence-electron chi connectivity index (χ0n) is 12.0. The van der Waals surface area contributed by atoms with E-state index in [1.165, 1.54) is 6.20 Å². The number of hydrogen-bond acceptors (Lipinski definition) is 3. The van der Waals surface area contributed by atoms with Crippen molar-refractivity contribution in [2.24, 2.45) is 5.92 Å². The first-order chi connectivity index (χ1) is 10.0. The summed E-state index contributed by atoms with van der Waals surface area (Å²) in [5, 5.41) is 16.7. The summed E-state index contributed by atoms with van der Waals surface area (Å²) in [6.45, 7) is 3.76. The Hall–Kier alpha value is -1.85. The molecule has 0 aliphatic rings. The second-order valence-corrected chi connectivity index (χ2v) is 5.45. The topological polar surface area (TPSA) is 67.2 Å². The molecule has 0 saturated heterocycles. The van der Waals surface area contributed by atoms with Gasteiger partial charge in [-0.3, -0.25) is 4.79 Å². The summed E-state index contributed by atoms with van der Waals surface area (Å²) in [4.78, 5) is 12.1. The Labute approximate surface area is 128 Å². The highest BCUT2D eigenvalue weighted by atomic mass is 35.5. The molecule has 21 heavy (non-hydrogen) atoms. The fraction of sp³-hybridized carbons (Fsp3) is 0.333. The molecule has 2 aromatic rings. The molecule has 0 aliphatic carbocycles. The standard InChI is InChI=1S/C15H18ClN3O2/c1-10(9-20)11(2)18-15(21)12-7-17-19(8-12)14-6-4-3-5-13(14)16/h3-8,10-11,20H,9H2,1-2H3,(H,18,21). The van der Waals surface area contributed by atoms with Crippen LogP contribution in [0.3, 0.4) is 0 Å². The van der Waals surface area contributed by atoms with Crippen LogP contribution >= 0.6 is 11.6 Å². The second kappa shape index (κ2) is 6.74. The monoisotopic (exact) mass is 307 g/mol. The highest BCUT2D eigenvalue weighted by Gasteiger charge is 2.16. The van der Waals surface area contributed by atoms with E-state index in [0.29, 0.717) is 10.6 Å². The van der Waals surface area contributed by atoms with E-state index < -0.39 is 0 Å². The summed E-state index contributed by atoms with van der Waals surface area (Å²) >= 11 is 6.10. The van der Waals surface area contributed by atoms with E-state index in [1.54, 1.807) is 16.9 Å². The predicted octanol–water partition coefficient (Wildman–Crippen LogP) is 2.27. The molecule has 2 N–H and O–H groups in total. The van der Waals surface area contributed by atoms with Gasteiger partial charge in [-0.05, 0) is 25.0 Å². The number of nitrogens with one attached hydrogen (secondary N) is 1. The Balaban J connectivity index is 2.13. The Morgan fingerprint density at radius 2 is 2.14 bits per heavy atom. The van der Waals surface area contributed by atoms with Gasteiger partial charge in [-0.2, -0.15) is 5.10 Å². The molecule has 0 bridgehead atoms. The molecule has 2 atom stereocenters. The number of para-hydroxylation sites is 1. The summed E-state index contributed by atoms with van der Waals surface area (Å²) in [5.74, 6) is -0.228. The lowest BCUT2D eigenvalue weighted by atomic mass is 10.1. The normalized spacial score (nSPS) is 13.7. The molecule has 1 aromatic heterocycles. The van der Waals surface area contributed by atoms with Crippen molar-refractivity contribution in [1.82, 2.24) is 15.1 Å². The van der Waals surface area contributed by atoms with Crippen LogP contribution < -0.4 is 5.32 Å². The van der Waals surface area contributed by atoms with Crippen LogP contribution in [-0.2, 0) is 0 Å². The molecule has 0 aliphatic heterocycles. The van der Waals surface area contributed by atoms with E-state index in [9.17, 15) is 4.79 Å². The molecule has 6 heteroatoms. The van der Waals surface area contributed by atoms with Crippen molar-refractivity contribution >= 4 is 17.5 Å². The van der Waals surface area contributed by atoms with Crippen LogP contribution in [0.4, 0.5) is 0 Å². The Morgan fingerprint density at radius 3 is 2.81 bits per heavy atom. The number of aliphatic hydroxyl groups is 1. The molecule has 1 amide bonds. The van der Waals surface area contributed by atoms with Gasteiger partial charge in [0.15, 0.2) is 0 Å². The molecule has 0 radical (unpaired) electrons. The zero-order valence-corrected chi connectivity index (χ0v) is 12.7. The van der Waals surface area contributed by atoms with E-state index >= 15 is 0 Å². The molecule has 0 saturated carbocycles. The van der Waals surface area contributed by atoms with Gasteiger partial charge in [0.2, 0.25) is 0 Å². The maximum absolute atomic E-state index is 12.1. The zero-order chi connectivity index (χ0) is 15.4. The van der Waals surface area contributed by atoms with Crippen LogP contribution in [0.5, 0.6) is 0 Å². The molecule has 0 spiro atoms. The van der Waals surface area contributed by atoms with Crippen molar-refractivity contribution < 1.29 is 9.90 Å². The molecule has 2 rings (SSSR count). The van der Waals surface area contributed by atoms with Crippen LogP contribution in [0, 0.1) is 5.92 Å². The fourth-order valence-electron chi connectivity index (χ4n) is 1.80. The van der Waals surface area contributed by atoms with Crippen LogP contribution in [0.1, 0.15) is 24.2 Å². The molecule has 1 heterocycles. The lowest BCUT2D eigenvalue weighted by molar-refractivity contribution is 0.0916. The number of amides is 1. The number of nitrogens with zero attached hydrogens (tertiary/aromatic N) is 2.